The number of ketones is 1. The van der Waals surface area contributed by atoms with Crippen LogP contribution in [0.1, 0.15) is 52.0 Å². The molecule has 1 amide bonds. The molecule has 0 bridgehead atoms. The molecule has 1 aromatic rings. The number of ether oxygens (including phenoxy) is 1. The lowest BCUT2D eigenvalue weighted by atomic mass is 9.69. The monoisotopic (exact) mass is 333 g/mol. The molecule has 130 valence electrons. The molecule has 1 saturated carbocycles. The first kappa shape index (κ1) is 18.0. The second-order valence-corrected chi connectivity index (χ2v) is 7.13. The molecule has 0 saturated heterocycles. The fourth-order valence-corrected chi connectivity index (χ4v) is 2.88. The lowest BCUT2D eigenvalue weighted by Gasteiger charge is -2.33. The standard InChI is InChI=1S/C18H23NO5/c1-17(2,3)24-16(23)19-13-6-4-12(5-7-13)18(15(21)22)10-8-14(20)9-11-18/h4-7H,8-11H2,1-3H3,(H,19,23)(H,21,22). The van der Waals surface area contributed by atoms with Crippen molar-refractivity contribution in [2.45, 2.75) is 57.5 Å². The van der Waals surface area contributed by atoms with E-state index >= 15 is 0 Å². The van der Waals surface area contributed by atoms with E-state index in [0.717, 1.165) is 0 Å². The fourth-order valence-electron chi connectivity index (χ4n) is 2.88. The van der Waals surface area contributed by atoms with Gasteiger partial charge in [-0.2, -0.15) is 0 Å². The van der Waals surface area contributed by atoms with Crippen molar-refractivity contribution < 1.29 is 24.2 Å². The van der Waals surface area contributed by atoms with E-state index in [1.807, 2.05) is 0 Å². The molecule has 0 unspecified atom stereocenters. The number of aliphatic carboxylic acids is 1. The van der Waals surface area contributed by atoms with Crippen LogP contribution in [0.2, 0.25) is 0 Å². The van der Waals surface area contributed by atoms with E-state index in [2.05, 4.69) is 5.32 Å². The van der Waals surface area contributed by atoms with Gasteiger partial charge in [0.25, 0.3) is 0 Å². The van der Waals surface area contributed by atoms with Gasteiger partial charge in [-0.25, -0.2) is 4.79 Å². The summed E-state index contributed by atoms with van der Waals surface area (Å²) in [5.41, 5.74) is -0.442. The van der Waals surface area contributed by atoms with Crippen LogP contribution in [-0.2, 0) is 19.7 Å². The van der Waals surface area contributed by atoms with Gasteiger partial charge in [0.05, 0.1) is 5.41 Å². The maximum absolute atomic E-state index is 11.8. The number of Topliss-reactive ketones (excluding diaryl/α,β-unsaturated/α-hetero) is 1. The number of carboxylic acid groups (broad SMARTS) is 1. The summed E-state index contributed by atoms with van der Waals surface area (Å²) in [6.45, 7) is 5.32. The number of carboxylic acids is 1. The van der Waals surface area contributed by atoms with Gasteiger partial charge in [-0.05, 0) is 51.3 Å². The van der Waals surface area contributed by atoms with Gasteiger partial charge in [0, 0.05) is 18.5 Å². The summed E-state index contributed by atoms with van der Waals surface area (Å²) in [6.07, 6.45) is 0.612. The average molecular weight is 333 g/mol. The Labute approximate surface area is 141 Å². The van der Waals surface area contributed by atoms with Crippen LogP contribution in [0, 0.1) is 0 Å². The lowest BCUT2D eigenvalue weighted by Crippen LogP contribution is -2.39. The van der Waals surface area contributed by atoms with Crippen LogP contribution in [0.3, 0.4) is 0 Å². The highest BCUT2D eigenvalue weighted by Gasteiger charge is 2.43. The third-order valence-electron chi connectivity index (χ3n) is 4.15. The summed E-state index contributed by atoms with van der Waals surface area (Å²) in [5, 5.41) is 12.3. The van der Waals surface area contributed by atoms with E-state index in [-0.39, 0.29) is 18.6 Å². The number of carbonyl (C=O) groups excluding carboxylic acids is 2. The van der Waals surface area contributed by atoms with Crippen LogP contribution >= 0.6 is 0 Å². The van der Waals surface area contributed by atoms with E-state index in [1.54, 1.807) is 45.0 Å². The highest BCUT2D eigenvalue weighted by Crippen LogP contribution is 2.39. The van der Waals surface area contributed by atoms with E-state index in [4.69, 9.17) is 4.74 Å². The van der Waals surface area contributed by atoms with E-state index in [9.17, 15) is 19.5 Å². The highest BCUT2D eigenvalue weighted by molar-refractivity contribution is 5.88. The number of hydrogen-bond acceptors (Lipinski definition) is 4. The summed E-state index contributed by atoms with van der Waals surface area (Å²) in [4.78, 5) is 35.0. The van der Waals surface area contributed by atoms with Gasteiger partial charge in [0.15, 0.2) is 0 Å². The quantitative estimate of drug-likeness (QED) is 0.883. The minimum atomic E-state index is -1.03. The molecule has 0 heterocycles. The predicted molar refractivity (Wildman–Crippen MR) is 89.1 cm³/mol. The smallest absolute Gasteiger partial charge is 0.412 e. The highest BCUT2D eigenvalue weighted by atomic mass is 16.6. The Morgan fingerprint density at radius 1 is 1.12 bits per heavy atom. The van der Waals surface area contributed by atoms with E-state index in [1.165, 1.54) is 0 Å². The van der Waals surface area contributed by atoms with Crippen molar-refractivity contribution >= 4 is 23.5 Å². The molecule has 0 aromatic heterocycles. The molecule has 0 radical (unpaired) electrons. The first-order chi connectivity index (χ1) is 11.1. The molecule has 6 nitrogen and oxygen atoms in total. The van der Waals surface area contributed by atoms with Crippen molar-refractivity contribution in [2.24, 2.45) is 0 Å². The Bertz CT molecular complexity index is 632. The predicted octanol–water partition coefficient (Wildman–Crippen LogP) is 3.50. The molecule has 0 atom stereocenters. The van der Waals surface area contributed by atoms with Gasteiger partial charge in [-0.15, -0.1) is 0 Å². The van der Waals surface area contributed by atoms with Gasteiger partial charge in [0.2, 0.25) is 0 Å². The molecule has 0 aliphatic heterocycles. The van der Waals surface area contributed by atoms with Gasteiger partial charge < -0.3 is 9.84 Å². The number of carbonyl (C=O) groups is 3. The average Bonchev–Trinajstić information content (AvgIpc) is 2.47. The largest absolute Gasteiger partial charge is 0.481 e. The first-order valence-corrected chi connectivity index (χ1v) is 7.98. The Morgan fingerprint density at radius 2 is 1.67 bits per heavy atom. The summed E-state index contributed by atoms with van der Waals surface area (Å²) < 4.78 is 5.18. The van der Waals surface area contributed by atoms with Crippen LogP contribution in [0.5, 0.6) is 0 Å². The third-order valence-corrected chi connectivity index (χ3v) is 4.15. The van der Waals surface area contributed by atoms with E-state index < -0.39 is 23.1 Å². The molecule has 2 N–H and O–H groups in total. The Hall–Kier alpha value is -2.37. The van der Waals surface area contributed by atoms with Crippen molar-refractivity contribution in [3.63, 3.8) is 0 Å². The van der Waals surface area contributed by atoms with Crippen molar-refractivity contribution in [3.8, 4) is 0 Å². The zero-order valence-electron chi connectivity index (χ0n) is 14.2. The molecule has 2 rings (SSSR count). The molecular weight excluding hydrogens is 310 g/mol. The maximum Gasteiger partial charge on any atom is 0.412 e. The van der Waals surface area contributed by atoms with Crippen LogP contribution in [0.25, 0.3) is 0 Å². The molecule has 6 heteroatoms. The topological polar surface area (TPSA) is 92.7 Å². The van der Waals surface area contributed by atoms with Crippen molar-refractivity contribution in [2.75, 3.05) is 5.32 Å². The SMILES string of the molecule is CC(C)(C)OC(=O)Nc1ccc(C2(C(=O)O)CCC(=O)CC2)cc1. The second kappa shape index (κ2) is 6.63. The number of rotatable bonds is 3. The normalized spacial score (nSPS) is 17.2. The van der Waals surface area contributed by atoms with Gasteiger partial charge in [0.1, 0.15) is 11.4 Å². The first-order valence-electron chi connectivity index (χ1n) is 7.98. The molecule has 1 fully saturated rings. The number of amides is 1. The minimum Gasteiger partial charge on any atom is -0.481 e. The molecular formula is C18H23NO5. The molecule has 1 aliphatic rings. The van der Waals surface area contributed by atoms with Crippen molar-refractivity contribution in [1.29, 1.82) is 0 Å². The number of hydrogen-bond donors (Lipinski definition) is 2. The van der Waals surface area contributed by atoms with Gasteiger partial charge in [-0.3, -0.25) is 14.9 Å². The lowest BCUT2D eigenvalue weighted by molar-refractivity contribution is -0.146. The van der Waals surface area contributed by atoms with Crippen LogP contribution in [0.4, 0.5) is 10.5 Å². The van der Waals surface area contributed by atoms with E-state index in [0.29, 0.717) is 24.1 Å². The van der Waals surface area contributed by atoms with Crippen molar-refractivity contribution in [1.82, 2.24) is 0 Å². The zero-order valence-corrected chi connectivity index (χ0v) is 14.2. The van der Waals surface area contributed by atoms with Crippen LogP contribution < -0.4 is 5.32 Å². The maximum atomic E-state index is 11.8. The Balaban J connectivity index is 2.14. The fraction of sp³-hybridized carbons (Fsp3) is 0.500. The summed E-state index contributed by atoms with van der Waals surface area (Å²) in [5.74, 6) is -0.807. The molecule has 24 heavy (non-hydrogen) atoms. The number of benzene rings is 1. The zero-order chi connectivity index (χ0) is 18.0. The van der Waals surface area contributed by atoms with Crippen molar-refractivity contribution in [3.05, 3.63) is 29.8 Å². The van der Waals surface area contributed by atoms with Gasteiger partial charge >= 0.3 is 12.1 Å². The third kappa shape index (κ3) is 4.13. The van der Waals surface area contributed by atoms with Crippen LogP contribution in [0.15, 0.2) is 24.3 Å². The Kier molecular flexibility index (Phi) is 4.96. The Morgan fingerprint density at radius 3 is 2.12 bits per heavy atom. The second-order valence-electron chi connectivity index (χ2n) is 7.13. The summed E-state index contributed by atoms with van der Waals surface area (Å²) in [6, 6.07) is 6.69. The van der Waals surface area contributed by atoms with Crippen LogP contribution in [-0.4, -0.2) is 28.6 Å². The summed E-state index contributed by atoms with van der Waals surface area (Å²) in [7, 11) is 0. The number of nitrogens with one attached hydrogen (secondary N) is 1. The molecule has 0 spiro atoms. The molecule has 1 aromatic carbocycles. The number of anilines is 1. The summed E-state index contributed by atoms with van der Waals surface area (Å²) >= 11 is 0. The van der Waals surface area contributed by atoms with Gasteiger partial charge in [-0.1, -0.05) is 12.1 Å². The molecule has 1 aliphatic carbocycles. The minimum absolute atomic E-state index is 0.107.